The predicted octanol–water partition coefficient (Wildman–Crippen LogP) is -0.795. The van der Waals surface area contributed by atoms with E-state index < -0.39 is 47.6 Å². The van der Waals surface area contributed by atoms with E-state index in [1.54, 1.807) is 0 Å². The molecule has 2 rings (SSSR count). The minimum atomic E-state index is -1.23. The highest BCUT2D eigenvalue weighted by Gasteiger charge is 2.38. The van der Waals surface area contributed by atoms with Crippen molar-refractivity contribution in [1.29, 1.82) is 0 Å². The van der Waals surface area contributed by atoms with Crippen LogP contribution in [-0.2, 0) is 4.74 Å². The lowest BCUT2D eigenvalue weighted by Gasteiger charge is -2.34. The first-order valence-corrected chi connectivity index (χ1v) is 6.29. The van der Waals surface area contributed by atoms with Crippen molar-refractivity contribution in [2.45, 2.75) is 37.3 Å². The summed E-state index contributed by atoms with van der Waals surface area (Å²) in [7, 11) is 0. The number of phenolic OH excluding ortho intramolecular Hbond substituents is 3. The SMILES string of the molecule is O=C(OC1C(O)CC(O)CC1O)c1cc(O)c(O)c(O)c1. The molecule has 2 unspecified atom stereocenters. The van der Waals surface area contributed by atoms with E-state index in [1.807, 2.05) is 0 Å². The Balaban J connectivity index is 2.14. The van der Waals surface area contributed by atoms with Gasteiger partial charge in [-0.05, 0) is 12.1 Å². The van der Waals surface area contributed by atoms with Crippen LogP contribution < -0.4 is 0 Å². The average molecular weight is 300 g/mol. The van der Waals surface area contributed by atoms with Crippen LogP contribution in [0.5, 0.6) is 17.2 Å². The van der Waals surface area contributed by atoms with Crippen molar-refractivity contribution < 1.29 is 40.2 Å². The van der Waals surface area contributed by atoms with E-state index in [9.17, 15) is 35.4 Å². The Labute approximate surface area is 119 Å². The van der Waals surface area contributed by atoms with Crippen molar-refractivity contribution in [3.8, 4) is 17.2 Å². The quantitative estimate of drug-likeness (QED) is 0.307. The molecule has 8 heteroatoms. The molecule has 1 fully saturated rings. The molecule has 0 aromatic heterocycles. The third-order valence-corrected chi connectivity index (χ3v) is 3.33. The Kier molecular flexibility index (Phi) is 4.21. The fourth-order valence-electron chi connectivity index (χ4n) is 2.25. The molecule has 1 aromatic carbocycles. The van der Waals surface area contributed by atoms with Crippen molar-refractivity contribution in [2.75, 3.05) is 0 Å². The number of rotatable bonds is 2. The van der Waals surface area contributed by atoms with Crippen LogP contribution in [0.3, 0.4) is 0 Å². The van der Waals surface area contributed by atoms with Crippen LogP contribution in [0.1, 0.15) is 23.2 Å². The summed E-state index contributed by atoms with van der Waals surface area (Å²) in [6.07, 6.45) is -4.65. The number of benzene rings is 1. The Morgan fingerprint density at radius 1 is 1.00 bits per heavy atom. The van der Waals surface area contributed by atoms with Gasteiger partial charge in [-0.25, -0.2) is 4.79 Å². The molecule has 8 nitrogen and oxygen atoms in total. The van der Waals surface area contributed by atoms with Crippen LogP contribution in [-0.4, -0.2) is 61.0 Å². The van der Waals surface area contributed by atoms with Gasteiger partial charge in [0.1, 0.15) is 0 Å². The number of esters is 1. The van der Waals surface area contributed by atoms with Crippen molar-refractivity contribution in [3.05, 3.63) is 17.7 Å². The fraction of sp³-hybridized carbons (Fsp3) is 0.462. The number of hydrogen-bond donors (Lipinski definition) is 6. The first kappa shape index (κ1) is 15.4. The van der Waals surface area contributed by atoms with Gasteiger partial charge in [0.15, 0.2) is 23.4 Å². The highest BCUT2D eigenvalue weighted by Crippen LogP contribution is 2.35. The third kappa shape index (κ3) is 3.18. The molecule has 0 saturated heterocycles. The molecule has 0 amide bonds. The summed E-state index contributed by atoms with van der Waals surface area (Å²) in [5.74, 6) is -3.18. The molecule has 1 aromatic rings. The molecule has 21 heavy (non-hydrogen) atoms. The zero-order chi connectivity index (χ0) is 15.7. The second kappa shape index (κ2) is 5.76. The van der Waals surface area contributed by atoms with Gasteiger partial charge in [-0.15, -0.1) is 0 Å². The molecule has 1 aliphatic rings. The first-order valence-electron chi connectivity index (χ1n) is 6.29. The minimum Gasteiger partial charge on any atom is -0.504 e. The maximum Gasteiger partial charge on any atom is 0.338 e. The highest BCUT2D eigenvalue weighted by molar-refractivity contribution is 5.91. The van der Waals surface area contributed by atoms with Crippen molar-refractivity contribution in [2.24, 2.45) is 0 Å². The molecular weight excluding hydrogens is 284 g/mol. The number of aliphatic hydroxyl groups is 3. The number of aromatic hydroxyl groups is 3. The third-order valence-electron chi connectivity index (χ3n) is 3.33. The lowest BCUT2D eigenvalue weighted by atomic mass is 9.90. The van der Waals surface area contributed by atoms with Crippen molar-refractivity contribution >= 4 is 5.97 Å². The van der Waals surface area contributed by atoms with Crippen LogP contribution in [0.15, 0.2) is 12.1 Å². The normalized spacial score (nSPS) is 29.1. The molecule has 1 saturated carbocycles. The predicted molar refractivity (Wildman–Crippen MR) is 67.9 cm³/mol. The maximum atomic E-state index is 11.9. The molecule has 0 spiro atoms. The van der Waals surface area contributed by atoms with Gasteiger partial charge in [-0.2, -0.15) is 0 Å². The van der Waals surface area contributed by atoms with Gasteiger partial charge in [0.2, 0.25) is 0 Å². The summed E-state index contributed by atoms with van der Waals surface area (Å²) in [6.45, 7) is 0. The number of phenols is 3. The lowest BCUT2D eigenvalue weighted by Crippen LogP contribution is -2.48. The Hall–Kier alpha value is -2.03. The topological polar surface area (TPSA) is 148 Å². The zero-order valence-electron chi connectivity index (χ0n) is 10.9. The van der Waals surface area contributed by atoms with Gasteiger partial charge >= 0.3 is 5.97 Å². The molecule has 2 atom stereocenters. The van der Waals surface area contributed by atoms with Crippen molar-refractivity contribution in [3.63, 3.8) is 0 Å². The number of carbonyl (C=O) groups is 1. The van der Waals surface area contributed by atoms with Crippen LogP contribution in [0.25, 0.3) is 0 Å². The average Bonchev–Trinajstić information content (AvgIpc) is 2.39. The van der Waals surface area contributed by atoms with E-state index in [1.165, 1.54) is 0 Å². The molecule has 116 valence electrons. The Morgan fingerprint density at radius 2 is 1.48 bits per heavy atom. The summed E-state index contributed by atoms with van der Waals surface area (Å²) in [5, 5.41) is 56.7. The summed E-state index contributed by atoms with van der Waals surface area (Å²) in [4.78, 5) is 11.9. The summed E-state index contributed by atoms with van der Waals surface area (Å²) < 4.78 is 4.95. The second-order valence-electron chi connectivity index (χ2n) is 4.99. The van der Waals surface area contributed by atoms with Crippen LogP contribution in [0.4, 0.5) is 0 Å². The van der Waals surface area contributed by atoms with Gasteiger partial charge in [0, 0.05) is 12.8 Å². The van der Waals surface area contributed by atoms with E-state index >= 15 is 0 Å². The van der Waals surface area contributed by atoms with E-state index in [4.69, 9.17) is 4.74 Å². The Morgan fingerprint density at radius 3 is 1.95 bits per heavy atom. The van der Waals surface area contributed by atoms with Crippen LogP contribution >= 0.6 is 0 Å². The van der Waals surface area contributed by atoms with Crippen LogP contribution in [0.2, 0.25) is 0 Å². The van der Waals surface area contributed by atoms with Gasteiger partial charge in [-0.3, -0.25) is 0 Å². The smallest absolute Gasteiger partial charge is 0.338 e. The molecule has 0 aliphatic heterocycles. The molecule has 6 N–H and O–H groups in total. The second-order valence-corrected chi connectivity index (χ2v) is 4.99. The van der Waals surface area contributed by atoms with Crippen LogP contribution in [0, 0.1) is 0 Å². The summed E-state index contributed by atoms with van der Waals surface area (Å²) >= 11 is 0. The zero-order valence-corrected chi connectivity index (χ0v) is 10.9. The number of carbonyl (C=O) groups excluding carboxylic acids is 1. The largest absolute Gasteiger partial charge is 0.504 e. The number of ether oxygens (including phenoxy) is 1. The standard InChI is InChI=1S/C13H16O8/c14-6-3-9(17)12(10(18)4-6)21-13(20)5-1-7(15)11(19)8(16)2-5/h1-2,6,9-10,12,14-19H,3-4H2. The fourth-order valence-corrected chi connectivity index (χ4v) is 2.25. The van der Waals surface area contributed by atoms with E-state index in [-0.39, 0.29) is 18.4 Å². The van der Waals surface area contributed by atoms with E-state index in [0.29, 0.717) is 0 Å². The van der Waals surface area contributed by atoms with Gasteiger partial charge in [0.25, 0.3) is 0 Å². The van der Waals surface area contributed by atoms with Gasteiger partial charge in [-0.1, -0.05) is 0 Å². The number of aliphatic hydroxyl groups excluding tert-OH is 3. The summed E-state index contributed by atoms with van der Waals surface area (Å²) in [6, 6.07) is 1.77. The number of hydrogen-bond acceptors (Lipinski definition) is 8. The molecule has 0 bridgehead atoms. The minimum absolute atomic E-state index is 0.0406. The monoisotopic (exact) mass is 300 g/mol. The van der Waals surface area contributed by atoms with Crippen molar-refractivity contribution in [1.82, 2.24) is 0 Å². The molecule has 0 heterocycles. The molecule has 1 aliphatic carbocycles. The van der Waals surface area contributed by atoms with Gasteiger partial charge < -0.3 is 35.4 Å². The summed E-state index contributed by atoms with van der Waals surface area (Å²) in [5.41, 5.74) is -0.256. The van der Waals surface area contributed by atoms with E-state index in [2.05, 4.69) is 0 Å². The molecular formula is C13H16O8. The lowest BCUT2D eigenvalue weighted by molar-refractivity contribution is -0.122. The van der Waals surface area contributed by atoms with Gasteiger partial charge in [0.05, 0.1) is 23.9 Å². The maximum absolute atomic E-state index is 11.9. The first-order chi connectivity index (χ1) is 9.79. The highest BCUT2D eigenvalue weighted by atomic mass is 16.6. The Bertz CT molecular complexity index is 508. The van der Waals surface area contributed by atoms with E-state index in [0.717, 1.165) is 12.1 Å². The molecule has 0 radical (unpaired) electrons.